The van der Waals surface area contributed by atoms with Crippen molar-refractivity contribution < 1.29 is 0 Å². The van der Waals surface area contributed by atoms with Gasteiger partial charge in [-0.05, 0) is 36.8 Å². The van der Waals surface area contributed by atoms with Gasteiger partial charge in [-0.15, -0.1) is 0 Å². The van der Waals surface area contributed by atoms with E-state index in [0.717, 1.165) is 6.42 Å². The smallest absolute Gasteiger partial charge is 0.0412 e. The van der Waals surface area contributed by atoms with Crippen molar-refractivity contribution in [3.05, 3.63) is 35.4 Å². The molecular weight excluding hydrogens is 242 g/mol. The number of unbranched alkanes of at least 4 members (excludes halogenated alkanes) is 6. The largest absolute Gasteiger partial charge is 0.321 e. The molecule has 20 heavy (non-hydrogen) atoms. The van der Waals surface area contributed by atoms with Crippen LogP contribution >= 0.6 is 0 Å². The van der Waals surface area contributed by atoms with Gasteiger partial charge < -0.3 is 5.73 Å². The second-order valence-corrected chi connectivity index (χ2v) is 6.54. The van der Waals surface area contributed by atoms with Crippen molar-refractivity contribution >= 4 is 0 Å². The van der Waals surface area contributed by atoms with Gasteiger partial charge in [0.15, 0.2) is 0 Å². The first-order valence-corrected chi connectivity index (χ1v) is 8.63. The van der Waals surface area contributed by atoms with Gasteiger partial charge in [-0.25, -0.2) is 0 Å². The summed E-state index contributed by atoms with van der Waals surface area (Å²) in [5, 5.41) is 0. The van der Waals surface area contributed by atoms with Crippen LogP contribution in [-0.4, -0.2) is 0 Å². The van der Waals surface area contributed by atoms with Crippen molar-refractivity contribution in [2.75, 3.05) is 0 Å². The minimum atomic E-state index is -0.0434. The van der Waals surface area contributed by atoms with Crippen LogP contribution in [0.4, 0.5) is 0 Å². The molecule has 0 radical (unpaired) electrons. The van der Waals surface area contributed by atoms with E-state index in [0.29, 0.717) is 0 Å². The summed E-state index contributed by atoms with van der Waals surface area (Å²) in [7, 11) is 0. The zero-order valence-electron chi connectivity index (χ0n) is 13.2. The quantitative estimate of drug-likeness (QED) is 0.637. The summed E-state index contributed by atoms with van der Waals surface area (Å²) in [6.07, 6.45) is 14.4. The fourth-order valence-electron chi connectivity index (χ4n) is 3.61. The van der Waals surface area contributed by atoms with Crippen molar-refractivity contribution in [3.63, 3.8) is 0 Å². The molecular formula is C19H31N. The number of hydrogen-bond acceptors (Lipinski definition) is 1. The van der Waals surface area contributed by atoms with Crippen LogP contribution in [0.3, 0.4) is 0 Å². The van der Waals surface area contributed by atoms with Crippen LogP contribution in [0, 0.1) is 0 Å². The van der Waals surface area contributed by atoms with Crippen molar-refractivity contribution in [3.8, 4) is 0 Å². The summed E-state index contributed by atoms with van der Waals surface area (Å²) in [4.78, 5) is 0. The first-order chi connectivity index (χ1) is 9.76. The van der Waals surface area contributed by atoms with Crippen molar-refractivity contribution in [1.29, 1.82) is 0 Å². The average molecular weight is 273 g/mol. The maximum absolute atomic E-state index is 6.73. The molecule has 0 amide bonds. The van der Waals surface area contributed by atoms with Crippen molar-refractivity contribution in [2.45, 2.75) is 83.1 Å². The predicted molar refractivity (Wildman–Crippen MR) is 87.9 cm³/mol. The highest BCUT2D eigenvalue weighted by Gasteiger charge is 2.31. The lowest BCUT2D eigenvalue weighted by Gasteiger charge is -2.36. The van der Waals surface area contributed by atoms with Crippen LogP contribution in [0.1, 0.15) is 82.3 Å². The first-order valence-electron chi connectivity index (χ1n) is 8.63. The average Bonchev–Trinajstić information content (AvgIpc) is 2.47. The Morgan fingerprint density at radius 2 is 1.70 bits per heavy atom. The van der Waals surface area contributed by atoms with Gasteiger partial charge in [0, 0.05) is 5.54 Å². The number of benzene rings is 1. The zero-order valence-corrected chi connectivity index (χ0v) is 13.2. The highest BCUT2D eigenvalue weighted by Crippen LogP contribution is 2.36. The SMILES string of the molecule is CCCCCCCCCC1(N)CCCc2ccccc21. The first kappa shape index (κ1) is 15.6. The third kappa shape index (κ3) is 4.09. The Morgan fingerprint density at radius 1 is 1.00 bits per heavy atom. The number of rotatable bonds is 8. The van der Waals surface area contributed by atoms with E-state index in [2.05, 4.69) is 31.2 Å². The second-order valence-electron chi connectivity index (χ2n) is 6.54. The second kappa shape index (κ2) is 7.83. The Balaban J connectivity index is 1.78. The standard InChI is InChI=1S/C19H31N/c1-2-3-4-5-6-7-10-15-19(20)16-11-13-17-12-8-9-14-18(17)19/h8-9,12,14H,2-7,10-11,13,15-16,20H2,1H3. The molecule has 1 aromatic carbocycles. The molecule has 0 aliphatic heterocycles. The van der Waals surface area contributed by atoms with Gasteiger partial charge >= 0.3 is 0 Å². The lowest BCUT2D eigenvalue weighted by Crippen LogP contribution is -2.40. The summed E-state index contributed by atoms with van der Waals surface area (Å²) in [6, 6.07) is 8.82. The molecule has 1 aliphatic rings. The van der Waals surface area contributed by atoms with E-state index >= 15 is 0 Å². The molecule has 1 heteroatoms. The fraction of sp³-hybridized carbons (Fsp3) is 0.684. The zero-order chi connectivity index (χ0) is 14.3. The highest BCUT2D eigenvalue weighted by atomic mass is 14.7. The van der Waals surface area contributed by atoms with Crippen LogP contribution < -0.4 is 5.73 Å². The molecule has 112 valence electrons. The molecule has 0 heterocycles. The molecule has 2 rings (SSSR count). The summed E-state index contributed by atoms with van der Waals surface area (Å²) in [5.74, 6) is 0. The molecule has 0 saturated heterocycles. The number of hydrogen-bond donors (Lipinski definition) is 1. The third-order valence-corrected chi connectivity index (χ3v) is 4.85. The summed E-state index contributed by atoms with van der Waals surface area (Å²) in [5.41, 5.74) is 9.61. The maximum atomic E-state index is 6.73. The third-order valence-electron chi connectivity index (χ3n) is 4.85. The molecule has 0 saturated carbocycles. The van der Waals surface area contributed by atoms with E-state index in [9.17, 15) is 0 Å². The van der Waals surface area contributed by atoms with Crippen LogP contribution in [0.15, 0.2) is 24.3 Å². The van der Waals surface area contributed by atoms with E-state index in [1.807, 2.05) is 0 Å². The van der Waals surface area contributed by atoms with E-state index in [4.69, 9.17) is 5.73 Å². The monoisotopic (exact) mass is 273 g/mol. The van der Waals surface area contributed by atoms with Gasteiger partial charge in [-0.1, -0.05) is 76.1 Å². The molecule has 0 spiro atoms. The summed E-state index contributed by atoms with van der Waals surface area (Å²) >= 11 is 0. The lowest BCUT2D eigenvalue weighted by atomic mass is 9.74. The summed E-state index contributed by atoms with van der Waals surface area (Å²) in [6.45, 7) is 2.28. The van der Waals surface area contributed by atoms with Gasteiger partial charge in [0.1, 0.15) is 0 Å². The van der Waals surface area contributed by atoms with Crippen molar-refractivity contribution in [2.24, 2.45) is 5.73 Å². The Kier molecular flexibility index (Phi) is 6.09. The Morgan fingerprint density at radius 3 is 2.50 bits per heavy atom. The van der Waals surface area contributed by atoms with Crippen LogP contribution in [-0.2, 0) is 12.0 Å². The molecule has 0 fully saturated rings. The lowest BCUT2D eigenvalue weighted by molar-refractivity contribution is 0.331. The van der Waals surface area contributed by atoms with E-state index in [-0.39, 0.29) is 5.54 Å². The highest BCUT2D eigenvalue weighted by molar-refractivity contribution is 5.35. The molecule has 1 atom stereocenters. The Bertz CT molecular complexity index is 399. The van der Waals surface area contributed by atoms with Gasteiger partial charge in [-0.3, -0.25) is 0 Å². The molecule has 0 bridgehead atoms. The van der Waals surface area contributed by atoms with Gasteiger partial charge in [0.25, 0.3) is 0 Å². The molecule has 1 nitrogen and oxygen atoms in total. The molecule has 2 N–H and O–H groups in total. The predicted octanol–water partition coefficient (Wildman–Crippen LogP) is 5.32. The minimum absolute atomic E-state index is 0.0434. The van der Waals surface area contributed by atoms with Gasteiger partial charge in [-0.2, -0.15) is 0 Å². The topological polar surface area (TPSA) is 26.0 Å². The van der Waals surface area contributed by atoms with E-state index < -0.39 is 0 Å². The number of nitrogens with two attached hydrogens (primary N) is 1. The van der Waals surface area contributed by atoms with E-state index in [1.54, 1.807) is 0 Å². The fourth-order valence-corrected chi connectivity index (χ4v) is 3.61. The molecule has 0 aromatic heterocycles. The van der Waals surface area contributed by atoms with Crippen molar-refractivity contribution in [1.82, 2.24) is 0 Å². The van der Waals surface area contributed by atoms with Gasteiger partial charge in [0.05, 0.1) is 0 Å². The normalized spacial score (nSPS) is 21.7. The summed E-state index contributed by atoms with van der Waals surface area (Å²) < 4.78 is 0. The Hall–Kier alpha value is -0.820. The molecule has 1 aliphatic carbocycles. The Labute approximate surface area is 125 Å². The molecule has 1 unspecified atom stereocenters. The minimum Gasteiger partial charge on any atom is -0.321 e. The molecule has 1 aromatic rings. The van der Waals surface area contributed by atoms with Crippen LogP contribution in [0.25, 0.3) is 0 Å². The van der Waals surface area contributed by atoms with E-state index in [1.165, 1.54) is 75.3 Å². The maximum Gasteiger partial charge on any atom is 0.0412 e. The van der Waals surface area contributed by atoms with Crippen LogP contribution in [0.5, 0.6) is 0 Å². The number of fused-ring (bicyclic) bond motifs is 1. The van der Waals surface area contributed by atoms with Gasteiger partial charge in [0.2, 0.25) is 0 Å². The van der Waals surface area contributed by atoms with Crippen LogP contribution in [0.2, 0.25) is 0 Å². The number of aryl methyl sites for hydroxylation is 1.